The predicted octanol–water partition coefficient (Wildman–Crippen LogP) is -0.575. The molecule has 3 aliphatic heterocycles. The lowest BCUT2D eigenvalue weighted by molar-refractivity contribution is -0.146. The number of urea groups is 1. The molecule has 11 nitrogen and oxygen atoms in total. The summed E-state index contributed by atoms with van der Waals surface area (Å²) in [7, 11) is -4.81. The van der Waals surface area contributed by atoms with Gasteiger partial charge in [0.2, 0.25) is 0 Å². The molecule has 0 aromatic carbocycles. The number of hydroxylamine groups is 3. The Bertz CT molecular complexity index is 683. The van der Waals surface area contributed by atoms with E-state index in [1.165, 1.54) is 4.90 Å². The lowest BCUT2D eigenvalue weighted by Gasteiger charge is -2.36. The lowest BCUT2D eigenvalue weighted by atomic mass is 9.84. The Morgan fingerprint density at radius 2 is 2.12 bits per heavy atom. The van der Waals surface area contributed by atoms with Crippen LogP contribution in [0.3, 0.4) is 0 Å². The molecule has 0 saturated carbocycles. The number of hydrogen-bond acceptors (Lipinski definition) is 7. The van der Waals surface area contributed by atoms with Gasteiger partial charge in [-0.15, -0.1) is 4.28 Å². The number of nitrogens with zero attached hydrogens (tertiary/aromatic N) is 2. The van der Waals surface area contributed by atoms with E-state index in [2.05, 4.69) is 28.9 Å². The third-order valence-corrected chi connectivity index (χ3v) is 5.23. The van der Waals surface area contributed by atoms with Crippen molar-refractivity contribution < 1.29 is 31.7 Å². The quantitative estimate of drug-likeness (QED) is 0.418. The molecular formula is C14H24N4O7S. The molecule has 3 unspecified atom stereocenters. The van der Waals surface area contributed by atoms with Gasteiger partial charge in [-0.25, -0.2) is 10.3 Å². The maximum atomic E-state index is 12.5. The highest BCUT2D eigenvalue weighted by molar-refractivity contribution is 7.80. The van der Waals surface area contributed by atoms with Gasteiger partial charge in [-0.2, -0.15) is 13.5 Å². The molecule has 3 amide bonds. The second kappa shape index (κ2) is 6.93. The van der Waals surface area contributed by atoms with Gasteiger partial charge in [0.1, 0.15) is 6.04 Å². The maximum Gasteiger partial charge on any atom is 0.418 e. The van der Waals surface area contributed by atoms with Crippen molar-refractivity contribution in [2.45, 2.75) is 51.3 Å². The summed E-state index contributed by atoms with van der Waals surface area (Å²) in [6.07, 6.45) is 1.32. The molecule has 26 heavy (non-hydrogen) atoms. The van der Waals surface area contributed by atoms with Crippen LogP contribution in [0.1, 0.15) is 33.1 Å². The first-order chi connectivity index (χ1) is 12.1. The Balaban J connectivity index is 1.57. The molecule has 2 bridgehead atoms. The van der Waals surface area contributed by atoms with Crippen LogP contribution in [-0.4, -0.2) is 72.7 Å². The van der Waals surface area contributed by atoms with Crippen molar-refractivity contribution in [2.75, 3.05) is 19.6 Å². The summed E-state index contributed by atoms with van der Waals surface area (Å²) in [4.78, 5) is 31.5. The molecule has 0 aromatic rings. The van der Waals surface area contributed by atoms with E-state index in [0.717, 1.165) is 13.0 Å². The van der Waals surface area contributed by atoms with E-state index >= 15 is 0 Å². The highest BCUT2D eigenvalue weighted by Crippen LogP contribution is 2.31. The number of piperidine rings is 2. The Morgan fingerprint density at radius 1 is 1.38 bits per heavy atom. The van der Waals surface area contributed by atoms with Crippen LogP contribution in [0.2, 0.25) is 0 Å². The van der Waals surface area contributed by atoms with Crippen LogP contribution in [0.4, 0.5) is 4.79 Å². The van der Waals surface area contributed by atoms with Crippen molar-refractivity contribution in [1.82, 2.24) is 20.8 Å². The van der Waals surface area contributed by atoms with E-state index < -0.39 is 34.4 Å². The summed E-state index contributed by atoms with van der Waals surface area (Å²) >= 11 is 0. The SMILES string of the molecule is CC1(C)CNCC(ONC(=O)C2CCC3CN2C(=O)N3OS(=O)(=O)O)C1. The maximum absolute atomic E-state index is 12.5. The van der Waals surface area contributed by atoms with Crippen molar-refractivity contribution in [3.63, 3.8) is 0 Å². The lowest BCUT2D eigenvalue weighted by Crippen LogP contribution is -2.52. The molecule has 3 rings (SSSR count). The monoisotopic (exact) mass is 392 g/mol. The topological polar surface area (TPSA) is 138 Å². The van der Waals surface area contributed by atoms with Crippen LogP contribution in [0.15, 0.2) is 0 Å². The highest BCUT2D eigenvalue weighted by atomic mass is 32.3. The molecule has 3 N–H and O–H groups in total. The van der Waals surface area contributed by atoms with Gasteiger partial charge in [0.15, 0.2) is 0 Å². The fourth-order valence-electron chi connectivity index (χ4n) is 3.73. The third-order valence-electron chi connectivity index (χ3n) is 4.88. The number of fused-ring (bicyclic) bond motifs is 2. The third kappa shape index (κ3) is 4.26. The van der Waals surface area contributed by atoms with Crippen molar-refractivity contribution in [3.05, 3.63) is 0 Å². The number of amides is 3. The average Bonchev–Trinajstić information content (AvgIpc) is 2.75. The number of carbonyl (C=O) groups is 2. The van der Waals surface area contributed by atoms with Gasteiger partial charge in [-0.1, -0.05) is 13.8 Å². The normalized spacial score (nSPS) is 31.2. The van der Waals surface area contributed by atoms with Crippen molar-refractivity contribution in [3.8, 4) is 0 Å². The van der Waals surface area contributed by atoms with Gasteiger partial charge < -0.3 is 10.2 Å². The molecule has 3 heterocycles. The molecule has 0 radical (unpaired) electrons. The van der Waals surface area contributed by atoms with Crippen molar-refractivity contribution in [1.29, 1.82) is 0 Å². The van der Waals surface area contributed by atoms with Crippen LogP contribution in [0.5, 0.6) is 0 Å². The molecule has 3 aliphatic rings. The summed E-state index contributed by atoms with van der Waals surface area (Å²) in [6, 6.07) is -2.08. The molecule has 12 heteroatoms. The summed E-state index contributed by atoms with van der Waals surface area (Å²) in [6.45, 7) is 5.84. The summed E-state index contributed by atoms with van der Waals surface area (Å²) in [5, 5.41) is 3.85. The Hall–Kier alpha value is -1.47. The van der Waals surface area contributed by atoms with Gasteiger partial charge in [-0.3, -0.25) is 14.2 Å². The molecule has 0 aliphatic carbocycles. The average molecular weight is 392 g/mol. The first-order valence-corrected chi connectivity index (χ1v) is 9.85. The Morgan fingerprint density at radius 3 is 2.77 bits per heavy atom. The second-order valence-electron chi connectivity index (χ2n) is 7.72. The fourth-order valence-corrected chi connectivity index (χ4v) is 4.12. The van der Waals surface area contributed by atoms with E-state index in [1.807, 2.05) is 0 Å². The Kier molecular flexibility index (Phi) is 5.14. The highest BCUT2D eigenvalue weighted by Gasteiger charge is 2.49. The molecular weight excluding hydrogens is 368 g/mol. The zero-order chi connectivity index (χ0) is 19.1. The molecule has 0 aromatic heterocycles. The van der Waals surface area contributed by atoms with Crippen LogP contribution in [-0.2, 0) is 24.3 Å². The van der Waals surface area contributed by atoms with Gasteiger partial charge in [0.05, 0.1) is 12.1 Å². The predicted molar refractivity (Wildman–Crippen MR) is 87.7 cm³/mol. The van der Waals surface area contributed by atoms with Crippen molar-refractivity contribution >= 4 is 22.3 Å². The zero-order valence-electron chi connectivity index (χ0n) is 14.7. The summed E-state index contributed by atoms with van der Waals surface area (Å²) in [5.74, 6) is -0.464. The van der Waals surface area contributed by atoms with Crippen molar-refractivity contribution in [2.24, 2.45) is 5.41 Å². The van der Waals surface area contributed by atoms with Crippen LogP contribution in [0.25, 0.3) is 0 Å². The molecule has 148 valence electrons. The van der Waals surface area contributed by atoms with Gasteiger partial charge >= 0.3 is 16.4 Å². The number of hydrogen-bond donors (Lipinski definition) is 3. The minimum Gasteiger partial charge on any atom is -0.314 e. The summed E-state index contributed by atoms with van der Waals surface area (Å²) < 4.78 is 34.9. The Labute approximate surface area is 151 Å². The largest absolute Gasteiger partial charge is 0.418 e. The number of nitrogens with one attached hydrogen (secondary N) is 2. The van der Waals surface area contributed by atoms with E-state index in [9.17, 15) is 18.0 Å². The van der Waals surface area contributed by atoms with E-state index in [1.54, 1.807) is 0 Å². The first kappa shape index (κ1) is 19.3. The van der Waals surface area contributed by atoms with Gasteiger partial charge in [0.25, 0.3) is 5.91 Å². The number of carbonyl (C=O) groups excluding carboxylic acids is 2. The van der Waals surface area contributed by atoms with E-state index in [4.69, 9.17) is 9.39 Å². The minimum atomic E-state index is -4.81. The smallest absolute Gasteiger partial charge is 0.314 e. The van der Waals surface area contributed by atoms with Gasteiger partial charge in [-0.05, 0) is 24.7 Å². The standard InChI is InChI=1S/C14H24N4O7S/c1-14(2)5-10(6-15-8-14)24-16-12(19)11-4-3-9-7-17(11)13(20)18(9)25-26(21,22)23/h9-11,15H,3-8H2,1-2H3,(H,16,19)(H,21,22,23). The summed E-state index contributed by atoms with van der Waals surface area (Å²) in [5.41, 5.74) is 2.49. The fraction of sp³-hybridized carbons (Fsp3) is 0.857. The molecule has 3 saturated heterocycles. The minimum absolute atomic E-state index is 0.0598. The van der Waals surface area contributed by atoms with Crippen LogP contribution >= 0.6 is 0 Å². The van der Waals surface area contributed by atoms with E-state index in [0.29, 0.717) is 24.4 Å². The number of rotatable bonds is 5. The van der Waals surface area contributed by atoms with Crippen LogP contribution in [0, 0.1) is 5.41 Å². The van der Waals surface area contributed by atoms with Crippen LogP contribution < -0.4 is 10.8 Å². The molecule has 3 atom stereocenters. The zero-order valence-corrected chi connectivity index (χ0v) is 15.5. The first-order valence-electron chi connectivity index (χ1n) is 8.49. The van der Waals surface area contributed by atoms with Gasteiger partial charge in [0, 0.05) is 19.6 Å². The van der Waals surface area contributed by atoms with E-state index in [-0.39, 0.29) is 18.1 Å². The molecule has 0 spiro atoms. The molecule has 3 fully saturated rings. The second-order valence-corrected chi connectivity index (χ2v) is 8.72.